The van der Waals surface area contributed by atoms with Gasteiger partial charge in [0.05, 0.1) is 28.8 Å². The molecule has 0 fully saturated rings. The van der Waals surface area contributed by atoms with Crippen LogP contribution in [-0.4, -0.2) is 51.3 Å². The number of aliphatic carboxylic acids is 1. The maximum Gasteiger partial charge on any atom is 0.417 e. The maximum absolute atomic E-state index is 12.7. The zero-order chi connectivity index (χ0) is 21.3. The largest absolute Gasteiger partial charge is 0.548 e. The highest BCUT2D eigenvalue weighted by Crippen LogP contribution is 2.17. The van der Waals surface area contributed by atoms with Gasteiger partial charge in [0.1, 0.15) is 5.60 Å². The number of hydrogen-bond acceptors (Lipinski definition) is 7. The average Bonchev–Trinajstić information content (AvgIpc) is 2.57. The van der Waals surface area contributed by atoms with Gasteiger partial charge in [0.25, 0.3) is 0 Å². The Hall–Kier alpha value is -3.32. The topological polar surface area (TPSA) is 142 Å². The van der Waals surface area contributed by atoms with Crippen LogP contribution in [0.4, 0.5) is 4.79 Å². The SMILES string of the molecule is CC(C)(C)OC(=O)N(C(=O)Cc1ccccc1)C(CCC(=O)C=[N+]=N)C(=O)[O-]. The third-order valence-corrected chi connectivity index (χ3v) is 3.51. The Kier molecular flexibility index (Phi) is 8.22. The molecule has 9 nitrogen and oxygen atoms in total. The molecule has 1 aromatic carbocycles. The lowest BCUT2D eigenvalue weighted by Crippen LogP contribution is -2.55. The number of nitrogens with zero attached hydrogens (tertiary/aromatic N) is 2. The number of nitrogens with one attached hydrogen (secondary N) is 1. The number of amides is 2. The summed E-state index contributed by atoms with van der Waals surface area (Å²) >= 11 is 0. The third kappa shape index (κ3) is 7.51. The fourth-order valence-corrected chi connectivity index (χ4v) is 2.34. The molecule has 2 amide bonds. The number of ether oxygens (including phenoxy) is 1. The van der Waals surface area contributed by atoms with Gasteiger partial charge in [0.2, 0.25) is 11.7 Å². The van der Waals surface area contributed by atoms with Gasteiger partial charge < -0.3 is 14.6 Å². The summed E-state index contributed by atoms with van der Waals surface area (Å²) in [5.41, 5.74) is 6.24. The van der Waals surface area contributed by atoms with Gasteiger partial charge in [-0.3, -0.25) is 9.59 Å². The quantitative estimate of drug-likeness (QED) is 0.395. The van der Waals surface area contributed by atoms with E-state index in [-0.39, 0.29) is 19.3 Å². The van der Waals surface area contributed by atoms with E-state index in [0.717, 1.165) is 6.21 Å². The third-order valence-electron chi connectivity index (χ3n) is 3.51. The number of benzene rings is 1. The van der Waals surface area contributed by atoms with E-state index in [2.05, 4.69) is 4.79 Å². The molecule has 28 heavy (non-hydrogen) atoms. The predicted molar refractivity (Wildman–Crippen MR) is 95.3 cm³/mol. The van der Waals surface area contributed by atoms with Crippen LogP contribution < -0.4 is 5.11 Å². The van der Waals surface area contributed by atoms with Crippen LogP contribution in [0.3, 0.4) is 0 Å². The van der Waals surface area contributed by atoms with Crippen LogP contribution >= 0.6 is 0 Å². The van der Waals surface area contributed by atoms with Gasteiger partial charge in [0.15, 0.2) is 0 Å². The molecular formula is C19H23N3O6. The van der Waals surface area contributed by atoms with E-state index < -0.39 is 35.4 Å². The molecule has 0 saturated carbocycles. The summed E-state index contributed by atoms with van der Waals surface area (Å²) in [5, 5.41) is 11.6. The number of imide groups is 1. The predicted octanol–water partition coefficient (Wildman–Crippen LogP) is 0.771. The van der Waals surface area contributed by atoms with E-state index in [1.54, 1.807) is 51.1 Å². The first-order valence-electron chi connectivity index (χ1n) is 8.57. The lowest BCUT2D eigenvalue weighted by Gasteiger charge is -2.32. The number of carboxylic acids is 1. The van der Waals surface area contributed by atoms with E-state index in [9.17, 15) is 24.3 Å². The molecule has 9 heteroatoms. The second-order valence-corrected chi connectivity index (χ2v) is 7.00. The van der Waals surface area contributed by atoms with E-state index in [0.29, 0.717) is 10.5 Å². The number of rotatable bonds is 8. The fraction of sp³-hybridized carbons (Fsp3) is 0.421. The lowest BCUT2D eigenvalue weighted by atomic mass is 10.1. The minimum atomic E-state index is -1.70. The monoisotopic (exact) mass is 389 g/mol. The summed E-state index contributed by atoms with van der Waals surface area (Å²) in [5.74, 6) is -3.10. The molecule has 0 heterocycles. The van der Waals surface area contributed by atoms with Crippen LogP contribution in [-0.2, 0) is 25.5 Å². The molecule has 0 radical (unpaired) electrons. The van der Waals surface area contributed by atoms with Gasteiger partial charge >= 0.3 is 12.3 Å². The standard InChI is InChI=1S/C19H23N3O6/c1-19(2,3)28-18(27)22(16(24)11-13-7-5-4-6-8-13)15(17(25)26)10-9-14(23)12-21-20/h4-8,12,15,20H,9-11H2,1-3H3. The van der Waals surface area contributed by atoms with Gasteiger partial charge in [-0.2, -0.15) is 0 Å². The Morgan fingerprint density at radius 3 is 2.32 bits per heavy atom. The Labute approximate surface area is 162 Å². The first kappa shape index (κ1) is 22.7. The Morgan fingerprint density at radius 2 is 1.82 bits per heavy atom. The summed E-state index contributed by atoms with van der Waals surface area (Å²) in [6.45, 7) is 4.73. The number of carboxylic acid groups (broad SMARTS) is 1. The Bertz CT molecular complexity index is 779. The highest BCUT2D eigenvalue weighted by atomic mass is 16.6. The van der Waals surface area contributed by atoms with E-state index in [1.165, 1.54) is 0 Å². The zero-order valence-corrected chi connectivity index (χ0v) is 16.0. The molecular weight excluding hydrogens is 366 g/mol. The summed E-state index contributed by atoms with van der Waals surface area (Å²) in [6, 6.07) is 6.78. The van der Waals surface area contributed by atoms with Crippen molar-refractivity contribution >= 4 is 30.0 Å². The van der Waals surface area contributed by atoms with Crippen molar-refractivity contribution in [3.05, 3.63) is 35.9 Å². The van der Waals surface area contributed by atoms with Crippen LogP contribution in [0.2, 0.25) is 0 Å². The molecule has 0 bridgehead atoms. The van der Waals surface area contributed by atoms with E-state index in [1.807, 2.05) is 0 Å². The van der Waals surface area contributed by atoms with Crippen molar-refractivity contribution in [2.45, 2.75) is 51.7 Å². The number of carbonyl (C=O) groups is 4. The first-order chi connectivity index (χ1) is 13.0. The molecule has 150 valence electrons. The van der Waals surface area contributed by atoms with Crippen molar-refractivity contribution in [2.24, 2.45) is 0 Å². The normalized spacial score (nSPS) is 11.7. The zero-order valence-electron chi connectivity index (χ0n) is 16.0. The van der Waals surface area contributed by atoms with E-state index in [4.69, 9.17) is 10.3 Å². The Morgan fingerprint density at radius 1 is 1.21 bits per heavy atom. The van der Waals surface area contributed by atoms with E-state index >= 15 is 0 Å². The minimum Gasteiger partial charge on any atom is -0.548 e. The molecule has 0 aliphatic carbocycles. The van der Waals surface area contributed by atoms with Crippen molar-refractivity contribution in [1.82, 2.24) is 4.90 Å². The smallest absolute Gasteiger partial charge is 0.417 e. The van der Waals surface area contributed by atoms with Gasteiger partial charge in [-0.1, -0.05) is 30.3 Å². The van der Waals surface area contributed by atoms with Crippen molar-refractivity contribution in [1.29, 1.82) is 5.53 Å². The van der Waals surface area contributed by atoms with Crippen molar-refractivity contribution in [3.63, 3.8) is 0 Å². The number of ketones is 1. The molecule has 0 saturated heterocycles. The van der Waals surface area contributed by atoms with Crippen LogP contribution in [0.1, 0.15) is 39.2 Å². The lowest BCUT2D eigenvalue weighted by molar-refractivity contribution is -0.311. The number of Topliss-reactive ketones (excluding diaryl/α,β-unsaturated/α-hetero) is 1. The molecule has 1 rings (SSSR count). The average molecular weight is 389 g/mol. The molecule has 0 spiro atoms. The summed E-state index contributed by atoms with van der Waals surface area (Å²) < 4.78 is 5.18. The molecule has 1 atom stereocenters. The van der Waals surface area contributed by atoms with Gasteiger partial charge in [0, 0.05) is 6.42 Å². The Balaban J connectivity index is 3.15. The van der Waals surface area contributed by atoms with Crippen molar-refractivity contribution in [2.75, 3.05) is 0 Å². The molecule has 0 aliphatic heterocycles. The highest BCUT2D eigenvalue weighted by Gasteiger charge is 2.34. The van der Waals surface area contributed by atoms with Gasteiger partial charge in [-0.25, -0.2) is 9.69 Å². The number of carbonyl (C=O) groups excluding carboxylic acids is 4. The van der Waals surface area contributed by atoms with Gasteiger partial charge in [-0.15, -0.1) is 0 Å². The van der Waals surface area contributed by atoms with Crippen LogP contribution in [0, 0.1) is 5.53 Å². The molecule has 1 N–H and O–H groups in total. The maximum atomic E-state index is 12.7. The summed E-state index contributed by atoms with van der Waals surface area (Å²) in [6.07, 6.45) is -1.36. The second-order valence-electron chi connectivity index (χ2n) is 7.00. The fourth-order valence-electron chi connectivity index (χ4n) is 2.34. The first-order valence-corrected chi connectivity index (χ1v) is 8.57. The van der Waals surface area contributed by atoms with Crippen LogP contribution in [0.15, 0.2) is 30.3 Å². The van der Waals surface area contributed by atoms with Crippen molar-refractivity contribution < 1.29 is 33.8 Å². The summed E-state index contributed by atoms with van der Waals surface area (Å²) in [4.78, 5) is 51.8. The van der Waals surface area contributed by atoms with Crippen LogP contribution in [0.5, 0.6) is 0 Å². The van der Waals surface area contributed by atoms with Crippen molar-refractivity contribution in [3.8, 4) is 0 Å². The number of hydrogen-bond donors (Lipinski definition) is 1. The molecule has 1 unspecified atom stereocenters. The van der Waals surface area contributed by atoms with Gasteiger partial charge in [-0.05, 0) is 32.8 Å². The molecule has 0 aliphatic rings. The molecule has 0 aromatic heterocycles. The molecule has 1 aromatic rings. The highest BCUT2D eigenvalue weighted by molar-refractivity contribution is 6.25. The van der Waals surface area contributed by atoms with Crippen LogP contribution in [0.25, 0.3) is 0 Å². The minimum absolute atomic E-state index is 0.230. The summed E-state index contributed by atoms with van der Waals surface area (Å²) in [7, 11) is 0. The second kappa shape index (κ2) is 10.1.